The fraction of sp³-hybridized carbons (Fsp3) is 0.500. The highest BCUT2D eigenvalue weighted by molar-refractivity contribution is 5.13. The molecule has 0 saturated heterocycles. The van der Waals surface area contributed by atoms with Crippen molar-refractivity contribution in [2.45, 2.75) is 26.8 Å². The molecule has 0 fully saturated rings. The molecular weight excluding hydrogens is 164 g/mol. The van der Waals surface area contributed by atoms with Gasteiger partial charge in [0.1, 0.15) is 6.61 Å². The average Bonchev–Trinajstić information content (AvgIpc) is 2.54. The number of aryl methyl sites for hydroxylation is 1. The van der Waals surface area contributed by atoms with Crippen LogP contribution in [0.1, 0.15) is 20.3 Å². The maximum atomic E-state index is 5.32. The molecule has 70 valence electrons. The van der Waals surface area contributed by atoms with Gasteiger partial charge in [0.15, 0.2) is 5.75 Å². The molecule has 3 nitrogen and oxygen atoms in total. The van der Waals surface area contributed by atoms with Gasteiger partial charge in [-0.05, 0) is 13.3 Å². The summed E-state index contributed by atoms with van der Waals surface area (Å²) in [4.78, 5) is 0. The predicted octanol–water partition coefficient (Wildman–Crippen LogP) is 1.70. The van der Waals surface area contributed by atoms with Gasteiger partial charge in [-0.3, -0.25) is 4.68 Å². The zero-order valence-corrected chi connectivity index (χ0v) is 8.08. The Balaban J connectivity index is 2.42. The van der Waals surface area contributed by atoms with Crippen LogP contribution in [0.4, 0.5) is 0 Å². The third-order valence-corrected chi connectivity index (χ3v) is 1.55. The molecule has 0 atom stereocenters. The minimum atomic E-state index is 0.439. The lowest BCUT2D eigenvalue weighted by atomic mass is 10.5. The maximum Gasteiger partial charge on any atom is 0.158 e. The Morgan fingerprint density at radius 2 is 2.46 bits per heavy atom. The Hall–Kier alpha value is -1.43. The van der Waals surface area contributed by atoms with E-state index in [4.69, 9.17) is 4.74 Å². The number of ether oxygens (including phenoxy) is 1. The second kappa shape index (κ2) is 5.26. The van der Waals surface area contributed by atoms with Crippen molar-refractivity contribution in [3.05, 3.63) is 12.4 Å². The molecule has 0 aliphatic carbocycles. The van der Waals surface area contributed by atoms with E-state index in [1.807, 2.05) is 10.9 Å². The molecule has 1 rings (SSSR count). The number of rotatable bonds is 4. The molecule has 0 aliphatic heterocycles. The SMILES string of the molecule is CC#CCOc1cnn(CCC)c1. The van der Waals surface area contributed by atoms with Crippen molar-refractivity contribution < 1.29 is 4.74 Å². The van der Waals surface area contributed by atoms with E-state index in [1.165, 1.54) is 0 Å². The van der Waals surface area contributed by atoms with Gasteiger partial charge >= 0.3 is 0 Å². The quantitative estimate of drug-likeness (QED) is 0.656. The summed E-state index contributed by atoms with van der Waals surface area (Å²) < 4.78 is 7.19. The molecule has 0 saturated carbocycles. The van der Waals surface area contributed by atoms with Crippen LogP contribution in [0.5, 0.6) is 5.75 Å². The zero-order chi connectivity index (χ0) is 9.52. The van der Waals surface area contributed by atoms with Crippen molar-refractivity contribution >= 4 is 0 Å². The first-order valence-electron chi connectivity index (χ1n) is 4.41. The van der Waals surface area contributed by atoms with E-state index in [0.29, 0.717) is 6.61 Å². The lowest BCUT2D eigenvalue weighted by Crippen LogP contribution is -1.96. The van der Waals surface area contributed by atoms with Gasteiger partial charge in [-0.2, -0.15) is 5.10 Å². The minimum Gasteiger partial charge on any atom is -0.478 e. The van der Waals surface area contributed by atoms with Crippen LogP contribution in [0.2, 0.25) is 0 Å². The van der Waals surface area contributed by atoms with Crippen molar-refractivity contribution in [3.8, 4) is 17.6 Å². The lowest BCUT2D eigenvalue weighted by molar-refractivity contribution is 0.369. The average molecular weight is 178 g/mol. The first-order chi connectivity index (χ1) is 6.36. The molecule has 0 aliphatic rings. The fourth-order valence-electron chi connectivity index (χ4n) is 0.962. The monoisotopic (exact) mass is 178 g/mol. The summed E-state index contributed by atoms with van der Waals surface area (Å²) in [7, 11) is 0. The summed E-state index contributed by atoms with van der Waals surface area (Å²) >= 11 is 0. The molecule has 1 aromatic rings. The van der Waals surface area contributed by atoms with Crippen molar-refractivity contribution in [2.75, 3.05) is 6.61 Å². The molecule has 0 bridgehead atoms. The molecule has 0 spiro atoms. The summed E-state index contributed by atoms with van der Waals surface area (Å²) in [6.45, 7) is 5.28. The topological polar surface area (TPSA) is 27.1 Å². The molecule has 13 heavy (non-hydrogen) atoms. The summed E-state index contributed by atoms with van der Waals surface area (Å²) in [6, 6.07) is 0. The molecule has 1 aromatic heterocycles. The molecule has 0 aromatic carbocycles. The van der Waals surface area contributed by atoms with Crippen LogP contribution in [-0.2, 0) is 6.54 Å². The van der Waals surface area contributed by atoms with Crippen LogP contribution in [0, 0.1) is 11.8 Å². The Labute approximate surface area is 78.7 Å². The van der Waals surface area contributed by atoms with Crippen LogP contribution >= 0.6 is 0 Å². The van der Waals surface area contributed by atoms with Crippen molar-refractivity contribution in [1.82, 2.24) is 9.78 Å². The van der Waals surface area contributed by atoms with Gasteiger partial charge in [0, 0.05) is 6.54 Å². The Morgan fingerprint density at radius 3 is 3.15 bits per heavy atom. The second-order valence-corrected chi connectivity index (χ2v) is 2.65. The molecule has 1 heterocycles. The first-order valence-corrected chi connectivity index (χ1v) is 4.41. The van der Waals surface area contributed by atoms with Crippen molar-refractivity contribution in [3.63, 3.8) is 0 Å². The Bertz CT molecular complexity index is 306. The number of hydrogen-bond donors (Lipinski definition) is 0. The summed E-state index contributed by atoms with van der Waals surface area (Å²) in [5.74, 6) is 6.38. The minimum absolute atomic E-state index is 0.439. The fourth-order valence-corrected chi connectivity index (χ4v) is 0.962. The van der Waals surface area contributed by atoms with E-state index in [9.17, 15) is 0 Å². The number of hydrogen-bond acceptors (Lipinski definition) is 2. The van der Waals surface area contributed by atoms with E-state index < -0.39 is 0 Å². The molecule has 0 radical (unpaired) electrons. The highest BCUT2D eigenvalue weighted by Crippen LogP contribution is 2.07. The molecular formula is C10H14N2O. The van der Waals surface area contributed by atoms with Crippen LogP contribution in [0.25, 0.3) is 0 Å². The number of aromatic nitrogens is 2. The van der Waals surface area contributed by atoms with Gasteiger partial charge in [0.25, 0.3) is 0 Å². The molecule has 3 heteroatoms. The van der Waals surface area contributed by atoms with Crippen molar-refractivity contribution in [2.24, 2.45) is 0 Å². The Morgan fingerprint density at radius 1 is 1.62 bits per heavy atom. The summed E-state index contributed by atoms with van der Waals surface area (Å²) in [5, 5.41) is 4.13. The molecule has 0 N–H and O–H groups in total. The van der Waals surface area contributed by atoms with Gasteiger partial charge in [-0.15, -0.1) is 5.92 Å². The van der Waals surface area contributed by atoms with Crippen molar-refractivity contribution in [1.29, 1.82) is 0 Å². The molecule has 0 amide bonds. The van der Waals surface area contributed by atoms with Gasteiger partial charge in [-0.1, -0.05) is 12.8 Å². The van der Waals surface area contributed by atoms with E-state index >= 15 is 0 Å². The third-order valence-electron chi connectivity index (χ3n) is 1.55. The van der Waals surface area contributed by atoms with Crippen LogP contribution in [-0.4, -0.2) is 16.4 Å². The second-order valence-electron chi connectivity index (χ2n) is 2.65. The van der Waals surface area contributed by atoms with Crippen LogP contribution in [0.3, 0.4) is 0 Å². The van der Waals surface area contributed by atoms with E-state index in [2.05, 4.69) is 23.9 Å². The summed E-state index contributed by atoms with van der Waals surface area (Å²) in [5.41, 5.74) is 0. The van der Waals surface area contributed by atoms with Gasteiger partial charge in [0.05, 0.1) is 12.4 Å². The van der Waals surface area contributed by atoms with Gasteiger partial charge in [-0.25, -0.2) is 0 Å². The van der Waals surface area contributed by atoms with E-state index in [-0.39, 0.29) is 0 Å². The van der Waals surface area contributed by atoms with Gasteiger partial charge < -0.3 is 4.74 Å². The largest absolute Gasteiger partial charge is 0.478 e. The Kier molecular flexibility index (Phi) is 3.90. The van der Waals surface area contributed by atoms with Gasteiger partial charge in [0.2, 0.25) is 0 Å². The van der Waals surface area contributed by atoms with E-state index in [1.54, 1.807) is 13.1 Å². The summed E-state index contributed by atoms with van der Waals surface area (Å²) in [6.07, 6.45) is 4.68. The number of nitrogens with zero attached hydrogens (tertiary/aromatic N) is 2. The highest BCUT2D eigenvalue weighted by atomic mass is 16.5. The van der Waals surface area contributed by atoms with Crippen LogP contribution in [0.15, 0.2) is 12.4 Å². The normalized spacial score (nSPS) is 9.08. The highest BCUT2D eigenvalue weighted by Gasteiger charge is 1.96. The van der Waals surface area contributed by atoms with E-state index in [0.717, 1.165) is 18.7 Å². The smallest absolute Gasteiger partial charge is 0.158 e. The third kappa shape index (κ3) is 3.20. The molecule has 0 unspecified atom stereocenters. The zero-order valence-electron chi connectivity index (χ0n) is 8.08. The van der Waals surface area contributed by atoms with Crippen LogP contribution < -0.4 is 4.74 Å². The maximum absolute atomic E-state index is 5.32. The lowest BCUT2D eigenvalue weighted by Gasteiger charge is -1.96. The predicted molar refractivity (Wildman–Crippen MR) is 51.5 cm³/mol. The first kappa shape index (κ1) is 9.66. The standard InChI is InChI=1S/C10H14N2O/c1-3-5-7-13-10-8-11-12(9-10)6-4-2/h8-9H,4,6-7H2,1-2H3.